The number of likely N-dealkylation sites (tertiary alicyclic amines) is 1. The molecule has 0 saturated carbocycles. The number of aliphatic carboxylic acids is 1. The fraction of sp³-hybridized carbons (Fsp3) is 0.333. The predicted molar refractivity (Wildman–Crippen MR) is 85.0 cm³/mol. The van der Waals surface area contributed by atoms with Gasteiger partial charge in [0.25, 0.3) is 0 Å². The summed E-state index contributed by atoms with van der Waals surface area (Å²) in [5.74, 6) is -0.460. The molecule has 1 aliphatic heterocycles. The lowest BCUT2D eigenvalue weighted by Gasteiger charge is -2.29. The minimum Gasteiger partial charge on any atom is -0.550 e. The number of pyridine rings is 1. The van der Waals surface area contributed by atoms with Crippen molar-refractivity contribution in [3.05, 3.63) is 48.5 Å². The van der Waals surface area contributed by atoms with Crippen LogP contribution in [0.2, 0.25) is 0 Å². The normalized spacial score (nSPS) is 21.2. The second-order valence-corrected chi connectivity index (χ2v) is 6.33. The third-order valence-electron chi connectivity index (χ3n) is 4.83. The monoisotopic (exact) mass is 325 g/mol. The van der Waals surface area contributed by atoms with Crippen molar-refractivity contribution in [3.63, 3.8) is 0 Å². The Morgan fingerprint density at radius 1 is 1.29 bits per heavy atom. The number of quaternary nitrogens is 1. The highest BCUT2D eigenvalue weighted by Crippen LogP contribution is 2.24. The van der Waals surface area contributed by atoms with Gasteiger partial charge in [-0.2, -0.15) is 0 Å². The van der Waals surface area contributed by atoms with Gasteiger partial charge in [0.1, 0.15) is 23.6 Å². The maximum atomic E-state index is 11.0. The summed E-state index contributed by atoms with van der Waals surface area (Å²) in [5, 5.41) is 11.0. The van der Waals surface area contributed by atoms with Crippen LogP contribution in [0.5, 0.6) is 0 Å². The van der Waals surface area contributed by atoms with Gasteiger partial charge in [-0.1, -0.05) is 6.07 Å². The lowest BCUT2D eigenvalue weighted by atomic mass is 9.97. The standard InChI is InChI=1S/C18H19N3O3/c22-18(23)13-6-9-20(10-7-13)12-14-17(15-4-3-11-24-15)19-16-5-1-2-8-21(14)16/h1-5,8,11,13H,6-7,9-10,12H2,(H,22,23). The van der Waals surface area contributed by atoms with Crippen molar-refractivity contribution >= 4 is 11.6 Å². The molecule has 0 aromatic carbocycles. The van der Waals surface area contributed by atoms with Crippen LogP contribution in [0.25, 0.3) is 17.1 Å². The fourth-order valence-electron chi connectivity index (χ4n) is 3.50. The first-order valence-corrected chi connectivity index (χ1v) is 8.26. The predicted octanol–water partition coefficient (Wildman–Crippen LogP) is 0.139. The fourth-order valence-corrected chi connectivity index (χ4v) is 3.50. The van der Waals surface area contributed by atoms with Gasteiger partial charge in [0.2, 0.25) is 0 Å². The highest BCUT2D eigenvalue weighted by Gasteiger charge is 2.26. The van der Waals surface area contributed by atoms with Crippen LogP contribution in [0.15, 0.2) is 47.2 Å². The van der Waals surface area contributed by atoms with Crippen LogP contribution in [0.3, 0.4) is 0 Å². The molecule has 1 fully saturated rings. The van der Waals surface area contributed by atoms with E-state index >= 15 is 0 Å². The Bertz CT molecular complexity index is 846. The zero-order valence-corrected chi connectivity index (χ0v) is 13.3. The number of aromatic nitrogens is 2. The number of hydrogen-bond acceptors (Lipinski definition) is 4. The molecule has 0 atom stereocenters. The lowest BCUT2D eigenvalue weighted by molar-refractivity contribution is -0.919. The van der Waals surface area contributed by atoms with Crippen molar-refractivity contribution < 1.29 is 19.2 Å². The minimum absolute atomic E-state index is 0.305. The summed E-state index contributed by atoms with van der Waals surface area (Å²) in [6.07, 6.45) is 5.01. The number of carboxylic acid groups (broad SMARTS) is 1. The smallest absolute Gasteiger partial charge is 0.154 e. The van der Waals surface area contributed by atoms with Crippen LogP contribution in [0.4, 0.5) is 0 Å². The van der Waals surface area contributed by atoms with Gasteiger partial charge in [-0.15, -0.1) is 0 Å². The van der Waals surface area contributed by atoms with Gasteiger partial charge < -0.3 is 19.2 Å². The average molecular weight is 325 g/mol. The molecule has 1 aliphatic rings. The Morgan fingerprint density at radius 2 is 2.12 bits per heavy atom. The van der Waals surface area contributed by atoms with Crippen LogP contribution in [-0.4, -0.2) is 28.4 Å². The maximum Gasteiger partial charge on any atom is 0.154 e. The van der Waals surface area contributed by atoms with Crippen LogP contribution in [-0.2, 0) is 11.3 Å². The average Bonchev–Trinajstić information content (AvgIpc) is 3.23. The molecule has 0 spiro atoms. The molecule has 124 valence electrons. The Balaban J connectivity index is 1.64. The van der Waals surface area contributed by atoms with Gasteiger partial charge in [-0.05, 0) is 24.3 Å². The number of carbonyl (C=O) groups excluding carboxylic acids is 1. The number of fused-ring (bicyclic) bond motifs is 1. The first-order chi connectivity index (χ1) is 11.7. The van der Waals surface area contributed by atoms with E-state index in [9.17, 15) is 9.90 Å². The molecule has 3 aromatic heterocycles. The molecule has 0 radical (unpaired) electrons. The number of piperidine rings is 1. The maximum absolute atomic E-state index is 11.0. The van der Waals surface area contributed by atoms with Gasteiger partial charge in [0.15, 0.2) is 5.76 Å². The van der Waals surface area contributed by atoms with Crippen molar-refractivity contribution in [3.8, 4) is 11.5 Å². The van der Waals surface area contributed by atoms with Gasteiger partial charge in [0.05, 0.1) is 19.4 Å². The molecule has 3 aromatic rings. The summed E-state index contributed by atoms with van der Waals surface area (Å²) in [6.45, 7) is 2.45. The molecular weight excluding hydrogens is 306 g/mol. The number of carbonyl (C=O) groups is 1. The number of furan rings is 1. The molecular formula is C18H19N3O3. The van der Waals surface area contributed by atoms with E-state index in [0.717, 1.165) is 42.4 Å². The Morgan fingerprint density at radius 3 is 2.83 bits per heavy atom. The Hall–Kier alpha value is -2.60. The molecule has 6 heteroatoms. The molecule has 6 nitrogen and oxygen atoms in total. The number of rotatable bonds is 4. The lowest BCUT2D eigenvalue weighted by Crippen LogP contribution is -3.12. The third kappa shape index (κ3) is 2.69. The van der Waals surface area contributed by atoms with Crippen LogP contribution >= 0.6 is 0 Å². The molecule has 1 N–H and O–H groups in total. The van der Waals surface area contributed by atoms with Crippen molar-refractivity contribution in [2.75, 3.05) is 13.1 Å². The van der Waals surface area contributed by atoms with Gasteiger partial charge in [-0.25, -0.2) is 4.98 Å². The molecule has 0 bridgehead atoms. The number of carboxylic acids is 1. The summed E-state index contributed by atoms with van der Waals surface area (Å²) in [6, 6.07) is 9.72. The number of imidazole rings is 1. The van der Waals surface area contributed by atoms with Crippen molar-refractivity contribution in [2.24, 2.45) is 5.92 Å². The SMILES string of the molecule is O=C([O-])C1CC[NH+](Cc2c(-c3ccco3)nc3ccccn23)CC1. The van der Waals surface area contributed by atoms with E-state index < -0.39 is 5.97 Å². The summed E-state index contributed by atoms with van der Waals surface area (Å²) >= 11 is 0. The zero-order valence-electron chi connectivity index (χ0n) is 13.3. The molecule has 4 heterocycles. The first kappa shape index (κ1) is 15.0. The van der Waals surface area contributed by atoms with E-state index in [1.807, 2.05) is 36.5 Å². The molecule has 0 amide bonds. The molecule has 0 aliphatic carbocycles. The van der Waals surface area contributed by atoms with E-state index in [1.54, 1.807) is 6.26 Å². The van der Waals surface area contributed by atoms with E-state index in [0.29, 0.717) is 12.8 Å². The number of hydrogen-bond donors (Lipinski definition) is 1. The third-order valence-corrected chi connectivity index (χ3v) is 4.83. The molecule has 0 unspecified atom stereocenters. The van der Waals surface area contributed by atoms with E-state index in [1.165, 1.54) is 4.90 Å². The number of nitrogens with zero attached hydrogens (tertiary/aromatic N) is 2. The van der Waals surface area contributed by atoms with Gasteiger partial charge in [-0.3, -0.25) is 4.40 Å². The van der Waals surface area contributed by atoms with E-state index in [4.69, 9.17) is 9.40 Å². The topological polar surface area (TPSA) is 75.0 Å². The second-order valence-electron chi connectivity index (χ2n) is 6.33. The van der Waals surface area contributed by atoms with E-state index in [2.05, 4.69) is 4.40 Å². The van der Waals surface area contributed by atoms with Gasteiger partial charge >= 0.3 is 0 Å². The van der Waals surface area contributed by atoms with Crippen molar-refractivity contribution in [2.45, 2.75) is 19.4 Å². The largest absolute Gasteiger partial charge is 0.550 e. The Labute approximate surface area is 139 Å². The Kier molecular flexibility index (Phi) is 3.82. The van der Waals surface area contributed by atoms with Crippen LogP contribution < -0.4 is 10.0 Å². The quantitative estimate of drug-likeness (QED) is 0.740. The first-order valence-electron chi connectivity index (χ1n) is 8.26. The minimum atomic E-state index is -0.917. The zero-order chi connectivity index (χ0) is 16.5. The van der Waals surface area contributed by atoms with Gasteiger partial charge in [0, 0.05) is 30.9 Å². The highest BCUT2D eigenvalue weighted by molar-refractivity contribution is 5.67. The van der Waals surface area contributed by atoms with Crippen molar-refractivity contribution in [1.82, 2.24) is 9.38 Å². The van der Waals surface area contributed by atoms with Crippen molar-refractivity contribution in [1.29, 1.82) is 0 Å². The van der Waals surface area contributed by atoms with Crippen LogP contribution in [0, 0.1) is 5.92 Å². The molecule has 1 saturated heterocycles. The highest BCUT2D eigenvalue weighted by atomic mass is 16.4. The molecule has 24 heavy (non-hydrogen) atoms. The summed E-state index contributed by atoms with van der Waals surface area (Å²) in [5.41, 5.74) is 2.85. The van der Waals surface area contributed by atoms with Crippen LogP contribution in [0.1, 0.15) is 18.5 Å². The van der Waals surface area contributed by atoms with E-state index in [-0.39, 0.29) is 5.92 Å². The molecule has 4 rings (SSSR count). The second kappa shape index (κ2) is 6.13. The summed E-state index contributed by atoms with van der Waals surface area (Å²) < 4.78 is 7.65. The number of nitrogens with one attached hydrogen (secondary N) is 1. The summed E-state index contributed by atoms with van der Waals surface area (Å²) in [4.78, 5) is 17.1. The summed E-state index contributed by atoms with van der Waals surface area (Å²) in [7, 11) is 0.